The zero-order chi connectivity index (χ0) is 19.0. The zero-order valence-electron chi connectivity index (χ0n) is 14.8. The second kappa shape index (κ2) is 6.87. The van der Waals surface area contributed by atoms with Gasteiger partial charge in [0.25, 0.3) is 0 Å². The minimum absolute atomic E-state index is 0.00585. The van der Waals surface area contributed by atoms with Gasteiger partial charge in [-0.3, -0.25) is 9.59 Å². The predicted molar refractivity (Wildman–Crippen MR) is 99.5 cm³/mol. The van der Waals surface area contributed by atoms with E-state index in [1.54, 1.807) is 36.5 Å². The van der Waals surface area contributed by atoms with Crippen molar-refractivity contribution in [3.8, 4) is 11.6 Å². The van der Waals surface area contributed by atoms with E-state index in [1.807, 2.05) is 25.1 Å². The molecule has 27 heavy (non-hydrogen) atoms. The number of hydrogen-bond donors (Lipinski definition) is 2. The van der Waals surface area contributed by atoms with Crippen molar-refractivity contribution in [1.82, 2.24) is 4.98 Å². The summed E-state index contributed by atoms with van der Waals surface area (Å²) < 4.78 is 5.67. The number of aryl methyl sites for hydroxylation is 1. The Labute approximate surface area is 156 Å². The summed E-state index contributed by atoms with van der Waals surface area (Å²) in [4.78, 5) is 28.4. The molecule has 1 fully saturated rings. The van der Waals surface area contributed by atoms with Gasteiger partial charge in [0.15, 0.2) is 0 Å². The molecule has 2 aliphatic rings. The molecular formula is C21H20N2O4. The van der Waals surface area contributed by atoms with Crippen LogP contribution in [0.4, 0.5) is 5.69 Å². The number of ether oxygens (including phenoxy) is 1. The van der Waals surface area contributed by atoms with Crippen molar-refractivity contribution in [3.05, 3.63) is 60.3 Å². The number of amides is 1. The molecule has 6 heteroatoms. The first-order valence-corrected chi connectivity index (χ1v) is 8.94. The van der Waals surface area contributed by atoms with Crippen LogP contribution >= 0.6 is 0 Å². The summed E-state index contributed by atoms with van der Waals surface area (Å²) in [5, 5.41) is 12.3. The maximum atomic E-state index is 12.7. The normalized spacial score (nSPS) is 25.4. The number of fused-ring (bicyclic) bond motifs is 2. The lowest BCUT2D eigenvalue weighted by atomic mass is 9.82. The Morgan fingerprint density at radius 2 is 1.78 bits per heavy atom. The number of allylic oxidation sites excluding steroid dienone is 2. The number of benzene rings is 1. The Morgan fingerprint density at radius 1 is 1.07 bits per heavy atom. The van der Waals surface area contributed by atoms with Crippen LogP contribution in [0.3, 0.4) is 0 Å². The number of nitrogens with zero attached hydrogens (tertiary/aromatic N) is 1. The lowest BCUT2D eigenvalue weighted by Gasteiger charge is -2.23. The molecule has 2 aromatic rings. The number of pyridine rings is 1. The molecule has 0 aliphatic heterocycles. The minimum Gasteiger partial charge on any atom is -0.481 e. The van der Waals surface area contributed by atoms with Gasteiger partial charge < -0.3 is 15.2 Å². The molecule has 0 spiro atoms. The predicted octanol–water partition coefficient (Wildman–Crippen LogP) is 3.64. The quantitative estimate of drug-likeness (QED) is 0.791. The molecule has 1 amide bonds. The number of aliphatic carboxylic acids is 1. The first-order valence-electron chi connectivity index (χ1n) is 8.94. The van der Waals surface area contributed by atoms with E-state index in [-0.39, 0.29) is 17.7 Å². The summed E-state index contributed by atoms with van der Waals surface area (Å²) in [7, 11) is 0. The second-order valence-corrected chi connectivity index (χ2v) is 7.13. The van der Waals surface area contributed by atoms with E-state index in [2.05, 4.69) is 10.3 Å². The maximum Gasteiger partial charge on any atom is 0.307 e. The van der Waals surface area contributed by atoms with Gasteiger partial charge in [-0.1, -0.05) is 18.2 Å². The number of nitrogens with one attached hydrogen (secondary N) is 1. The maximum absolute atomic E-state index is 12.7. The summed E-state index contributed by atoms with van der Waals surface area (Å²) in [6.45, 7) is 1.95. The lowest BCUT2D eigenvalue weighted by molar-refractivity contribution is -0.146. The molecule has 1 aromatic carbocycles. The molecular weight excluding hydrogens is 344 g/mol. The van der Waals surface area contributed by atoms with Gasteiger partial charge in [0, 0.05) is 18.0 Å². The Balaban J connectivity index is 1.42. The lowest BCUT2D eigenvalue weighted by Crippen LogP contribution is -2.36. The number of hydrogen-bond acceptors (Lipinski definition) is 4. The third kappa shape index (κ3) is 3.43. The Morgan fingerprint density at radius 3 is 2.41 bits per heavy atom. The highest BCUT2D eigenvalue weighted by molar-refractivity contribution is 5.96. The smallest absolute Gasteiger partial charge is 0.307 e. The van der Waals surface area contributed by atoms with Gasteiger partial charge in [-0.25, -0.2) is 4.98 Å². The standard InChI is InChI=1S/C21H20N2O4/c1-12-2-9-17(22-11-12)27-16-7-5-15(6-8-16)23-20(24)18-13-3-4-14(10-13)19(18)21(25)26/h2-9,11,13-14,18-19H,10H2,1H3,(H,23,24)(H,25,26)/t13-,14-,18-,19-/m0/s1. The number of carbonyl (C=O) groups excluding carboxylic acids is 1. The summed E-state index contributed by atoms with van der Waals surface area (Å²) in [6, 6.07) is 10.7. The number of carbonyl (C=O) groups is 2. The van der Waals surface area contributed by atoms with Crippen molar-refractivity contribution in [2.24, 2.45) is 23.7 Å². The van der Waals surface area contributed by atoms with Crippen molar-refractivity contribution in [1.29, 1.82) is 0 Å². The molecule has 138 valence electrons. The summed E-state index contributed by atoms with van der Waals surface area (Å²) in [5.74, 6) is -1.24. The number of aromatic nitrogens is 1. The minimum atomic E-state index is -0.902. The molecule has 2 aliphatic carbocycles. The molecule has 0 radical (unpaired) electrons. The third-order valence-corrected chi connectivity index (χ3v) is 5.28. The Kier molecular flexibility index (Phi) is 4.39. The third-order valence-electron chi connectivity index (χ3n) is 5.28. The molecule has 4 rings (SSSR count). The van der Waals surface area contributed by atoms with E-state index in [0.29, 0.717) is 17.3 Å². The number of carboxylic acid groups (broad SMARTS) is 1. The van der Waals surface area contributed by atoms with Crippen LogP contribution in [0.5, 0.6) is 11.6 Å². The Bertz CT molecular complexity index is 889. The van der Waals surface area contributed by atoms with Gasteiger partial charge in [-0.05, 0) is 55.0 Å². The van der Waals surface area contributed by atoms with E-state index in [9.17, 15) is 14.7 Å². The van der Waals surface area contributed by atoms with Crippen molar-refractivity contribution in [3.63, 3.8) is 0 Å². The number of anilines is 1. The van der Waals surface area contributed by atoms with Crippen LogP contribution in [0.1, 0.15) is 12.0 Å². The highest BCUT2D eigenvalue weighted by Gasteiger charge is 2.51. The van der Waals surface area contributed by atoms with Gasteiger partial charge >= 0.3 is 5.97 Å². The van der Waals surface area contributed by atoms with Crippen molar-refractivity contribution < 1.29 is 19.4 Å². The van der Waals surface area contributed by atoms with Gasteiger partial charge in [-0.15, -0.1) is 0 Å². The van der Waals surface area contributed by atoms with Crippen molar-refractivity contribution in [2.75, 3.05) is 5.32 Å². The highest BCUT2D eigenvalue weighted by Crippen LogP contribution is 2.48. The number of carboxylic acids is 1. The number of rotatable bonds is 5. The fourth-order valence-electron chi connectivity index (χ4n) is 3.98. The molecule has 4 atom stereocenters. The van der Waals surface area contributed by atoms with Crippen LogP contribution in [0.25, 0.3) is 0 Å². The van der Waals surface area contributed by atoms with E-state index in [1.165, 1.54) is 0 Å². The van der Waals surface area contributed by atoms with Crippen LogP contribution in [0, 0.1) is 30.6 Å². The van der Waals surface area contributed by atoms with E-state index in [0.717, 1.165) is 12.0 Å². The highest BCUT2D eigenvalue weighted by atomic mass is 16.5. The van der Waals surface area contributed by atoms with Crippen LogP contribution in [-0.4, -0.2) is 22.0 Å². The fraction of sp³-hybridized carbons (Fsp3) is 0.286. The Hall–Kier alpha value is -3.15. The largest absolute Gasteiger partial charge is 0.481 e. The molecule has 0 saturated heterocycles. The van der Waals surface area contributed by atoms with Crippen LogP contribution in [0.2, 0.25) is 0 Å². The SMILES string of the molecule is Cc1ccc(Oc2ccc(NC(=O)[C@@H]3[C@@H](C(=O)O)[C@H]4C=C[C@H]3C4)cc2)nc1. The zero-order valence-corrected chi connectivity index (χ0v) is 14.8. The summed E-state index contributed by atoms with van der Waals surface area (Å²) in [5.41, 5.74) is 1.66. The summed E-state index contributed by atoms with van der Waals surface area (Å²) >= 11 is 0. The van der Waals surface area contributed by atoms with Gasteiger partial charge in [0.05, 0.1) is 11.8 Å². The van der Waals surface area contributed by atoms with Crippen molar-refractivity contribution in [2.45, 2.75) is 13.3 Å². The molecule has 0 unspecified atom stereocenters. The molecule has 6 nitrogen and oxygen atoms in total. The average Bonchev–Trinajstić information content (AvgIpc) is 3.26. The summed E-state index contributed by atoms with van der Waals surface area (Å²) in [6.07, 6.45) is 6.37. The molecule has 1 aromatic heterocycles. The van der Waals surface area contributed by atoms with E-state index < -0.39 is 17.8 Å². The fourth-order valence-corrected chi connectivity index (χ4v) is 3.98. The van der Waals surface area contributed by atoms with Gasteiger partial charge in [0.1, 0.15) is 5.75 Å². The second-order valence-electron chi connectivity index (χ2n) is 7.13. The molecule has 1 heterocycles. The van der Waals surface area contributed by atoms with Gasteiger partial charge in [-0.2, -0.15) is 0 Å². The first kappa shape index (κ1) is 17.3. The van der Waals surface area contributed by atoms with Crippen LogP contribution in [-0.2, 0) is 9.59 Å². The first-order chi connectivity index (χ1) is 13.0. The molecule has 2 bridgehead atoms. The van der Waals surface area contributed by atoms with E-state index >= 15 is 0 Å². The van der Waals surface area contributed by atoms with Crippen LogP contribution < -0.4 is 10.1 Å². The van der Waals surface area contributed by atoms with Crippen LogP contribution in [0.15, 0.2) is 54.7 Å². The van der Waals surface area contributed by atoms with Gasteiger partial charge in [0.2, 0.25) is 11.8 Å². The topological polar surface area (TPSA) is 88.5 Å². The molecule has 1 saturated carbocycles. The molecule has 2 N–H and O–H groups in total. The van der Waals surface area contributed by atoms with Crippen molar-refractivity contribution >= 4 is 17.6 Å². The van der Waals surface area contributed by atoms with E-state index in [4.69, 9.17) is 4.74 Å². The average molecular weight is 364 g/mol. The monoisotopic (exact) mass is 364 g/mol.